The average molecular weight is 276 g/mol. The van der Waals surface area contributed by atoms with E-state index in [-0.39, 0.29) is 11.7 Å². The van der Waals surface area contributed by atoms with Crippen LogP contribution in [0.4, 0.5) is 4.39 Å². The van der Waals surface area contributed by atoms with Crippen molar-refractivity contribution in [1.29, 1.82) is 0 Å². The molecule has 0 radical (unpaired) electrons. The lowest BCUT2D eigenvalue weighted by atomic mass is 9.97. The average Bonchev–Trinajstić information content (AvgIpc) is 3.17. The van der Waals surface area contributed by atoms with Crippen LogP contribution in [0.15, 0.2) is 24.3 Å². The summed E-state index contributed by atoms with van der Waals surface area (Å²) in [5, 5.41) is 0. The Labute approximate surface area is 119 Å². The Hall–Kier alpha value is -1.42. The number of likely N-dealkylation sites (tertiary alicyclic amines) is 1. The van der Waals surface area contributed by atoms with Gasteiger partial charge in [0.25, 0.3) is 5.91 Å². The molecule has 0 aromatic heterocycles. The van der Waals surface area contributed by atoms with Crippen molar-refractivity contribution >= 4 is 5.91 Å². The molecule has 0 bridgehead atoms. The largest absolute Gasteiger partial charge is 0.337 e. The van der Waals surface area contributed by atoms with Crippen molar-refractivity contribution in [2.75, 3.05) is 27.2 Å². The molecule has 1 aliphatic heterocycles. The fourth-order valence-corrected chi connectivity index (χ4v) is 3.29. The number of carbonyl (C=O) groups is 1. The molecule has 1 aliphatic carbocycles. The predicted octanol–water partition coefficient (Wildman–Crippen LogP) is 2.24. The summed E-state index contributed by atoms with van der Waals surface area (Å²) in [6.45, 7) is 1.62. The highest BCUT2D eigenvalue weighted by molar-refractivity contribution is 5.94. The van der Waals surface area contributed by atoms with Gasteiger partial charge in [-0.1, -0.05) is 0 Å². The van der Waals surface area contributed by atoms with Gasteiger partial charge in [0.15, 0.2) is 0 Å². The van der Waals surface area contributed by atoms with Crippen molar-refractivity contribution < 1.29 is 9.18 Å². The lowest BCUT2D eigenvalue weighted by Crippen LogP contribution is -2.36. The van der Waals surface area contributed by atoms with Crippen molar-refractivity contribution in [3.05, 3.63) is 35.6 Å². The predicted molar refractivity (Wildman–Crippen MR) is 76.0 cm³/mol. The van der Waals surface area contributed by atoms with E-state index in [1.54, 1.807) is 12.1 Å². The van der Waals surface area contributed by atoms with Crippen LogP contribution in [0.2, 0.25) is 0 Å². The van der Waals surface area contributed by atoms with Crippen molar-refractivity contribution in [1.82, 2.24) is 9.80 Å². The van der Waals surface area contributed by atoms with E-state index in [1.807, 2.05) is 4.90 Å². The molecule has 2 aliphatic rings. The first-order valence-electron chi connectivity index (χ1n) is 7.27. The second-order valence-corrected chi connectivity index (χ2v) is 6.25. The summed E-state index contributed by atoms with van der Waals surface area (Å²) < 4.78 is 12.9. The zero-order valence-corrected chi connectivity index (χ0v) is 12.1. The maximum absolute atomic E-state index is 12.9. The van der Waals surface area contributed by atoms with Crippen molar-refractivity contribution in [2.45, 2.75) is 18.9 Å². The lowest BCUT2D eigenvalue weighted by molar-refractivity contribution is 0.0780. The standard InChI is InChI=1S/C16H21FN2O/c1-18(2)15-10-19(9-14(15)11-3-4-11)16(20)12-5-7-13(17)8-6-12/h5-8,11,14-15H,3-4,9-10H2,1-2H3/t14-,15+/m0/s1. The van der Waals surface area contributed by atoms with Crippen LogP contribution in [-0.2, 0) is 0 Å². The first kappa shape index (κ1) is 13.6. The molecule has 2 atom stereocenters. The Morgan fingerprint density at radius 1 is 1.20 bits per heavy atom. The Balaban J connectivity index is 1.74. The molecule has 4 heteroatoms. The summed E-state index contributed by atoms with van der Waals surface area (Å²) in [5.41, 5.74) is 0.584. The number of amides is 1. The van der Waals surface area contributed by atoms with Gasteiger partial charge in [-0.3, -0.25) is 4.79 Å². The molecule has 1 amide bonds. The molecule has 0 N–H and O–H groups in total. The zero-order chi connectivity index (χ0) is 14.3. The fraction of sp³-hybridized carbons (Fsp3) is 0.562. The summed E-state index contributed by atoms with van der Waals surface area (Å²) >= 11 is 0. The molecule has 1 heterocycles. The van der Waals surface area contributed by atoms with Gasteiger partial charge in [0.2, 0.25) is 0 Å². The molecule has 0 spiro atoms. The number of rotatable bonds is 3. The normalized spacial score (nSPS) is 26.3. The molecule has 20 heavy (non-hydrogen) atoms. The highest BCUT2D eigenvalue weighted by Crippen LogP contribution is 2.42. The van der Waals surface area contributed by atoms with Gasteiger partial charge in [0.05, 0.1) is 0 Å². The van der Waals surface area contributed by atoms with Crippen LogP contribution in [0.25, 0.3) is 0 Å². The highest BCUT2D eigenvalue weighted by Gasteiger charge is 2.44. The first-order valence-corrected chi connectivity index (χ1v) is 7.27. The van der Waals surface area contributed by atoms with E-state index in [1.165, 1.54) is 25.0 Å². The monoisotopic (exact) mass is 276 g/mol. The second kappa shape index (κ2) is 5.17. The van der Waals surface area contributed by atoms with Gasteiger partial charge >= 0.3 is 0 Å². The number of hydrogen-bond acceptors (Lipinski definition) is 2. The zero-order valence-electron chi connectivity index (χ0n) is 12.1. The quantitative estimate of drug-likeness (QED) is 0.845. The van der Waals surface area contributed by atoms with E-state index in [9.17, 15) is 9.18 Å². The van der Waals surface area contributed by atoms with Gasteiger partial charge < -0.3 is 9.80 Å². The van der Waals surface area contributed by atoms with Crippen LogP contribution in [0, 0.1) is 17.7 Å². The molecule has 1 aromatic carbocycles. The minimum atomic E-state index is -0.301. The maximum atomic E-state index is 12.9. The molecule has 3 nitrogen and oxygen atoms in total. The Morgan fingerprint density at radius 2 is 1.85 bits per heavy atom. The van der Waals surface area contributed by atoms with E-state index >= 15 is 0 Å². The number of carbonyl (C=O) groups excluding carboxylic acids is 1. The number of nitrogens with zero attached hydrogens (tertiary/aromatic N) is 2. The van der Waals surface area contributed by atoms with Crippen molar-refractivity contribution in [2.24, 2.45) is 11.8 Å². The minimum absolute atomic E-state index is 0.0278. The smallest absolute Gasteiger partial charge is 0.253 e. The molecule has 1 saturated carbocycles. The Morgan fingerprint density at radius 3 is 2.40 bits per heavy atom. The van der Waals surface area contributed by atoms with Gasteiger partial charge in [-0.15, -0.1) is 0 Å². The molecule has 1 saturated heterocycles. The van der Waals surface area contributed by atoms with Gasteiger partial charge in [-0.2, -0.15) is 0 Å². The van der Waals surface area contributed by atoms with Crippen LogP contribution in [-0.4, -0.2) is 48.9 Å². The highest BCUT2D eigenvalue weighted by atomic mass is 19.1. The van der Waals surface area contributed by atoms with Gasteiger partial charge in [-0.05, 0) is 63.0 Å². The number of benzene rings is 1. The van der Waals surface area contributed by atoms with Gasteiger partial charge in [0, 0.05) is 24.7 Å². The Bertz CT molecular complexity index is 486. The fourth-order valence-electron chi connectivity index (χ4n) is 3.29. The third-order valence-corrected chi connectivity index (χ3v) is 4.60. The van der Waals surface area contributed by atoms with E-state index in [4.69, 9.17) is 0 Å². The van der Waals surface area contributed by atoms with E-state index in [2.05, 4.69) is 19.0 Å². The van der Waals surface area contributed by atoms with E-state index in [0.29, 0.717) is 17.5 Å². The third kappa shape index (κ3) is 2.57. The summed E-state index contributed by atoms with van der Waals surface area (Å²) in [5.74, 6) is 1.10. The van der Waals surface area contributed by atoms with Crippen molar-refractivity contribution in [3.63, 3.8) is 0 Å². The lowest BCUT2D eigenvalue weighted by Gasteiger charge is -2.24. The molecule has 108 valence electrons. The summed E-state index contributed by atoms with van der Waals surface area (Å²) in [4.78, 5) is 16.7. The number of likely N-dealkylation sites (N-methyl/N-ethyl adjacent to an activating group) is 1. The summed E-state index contributed by atoms with van der Waals surface area (Å²) in [6.07, 6.45) is 2.60. The minimum Gasteiger partial charge on any atom is -0.337 e. The van der Waals surface area contributed by atoms with Crippen LogP contribution in [0.1, 0.15) is 23.2 Å². The number of halogens is 1. The maximum Gasteiger partial charge on any atom is 0.253 e. The SMILES string of the molecule is CN(C)[C@@H]1CN(C(=O)c2ccc(F)cc2)C[C@H]1C1CC1. The van der Waals surface area contributed by atoms with Crippen molar-refractivity contribution in [3.8, 4) is 0 Å². The van der Waals surface area contributed by atoms with Crippen LogP contribution in [0.5, 0.6) is 0 Å². The molecule has 1 aromatic rings. The van der Waals surface area contributed by atoms with Crippen LogP contribution >= 0.6 is 0 Å². The summed E-state index contributed by atoms with van der Waals surface area (Å²) in [6, 6.07) is 6.31. The van der Waals surface area contributed by atoms with E-state index in [0.717, 1.165) is 19.0 Å². The molecule has 3 rings (SSSR count). The molecule has 2 fully saturated rings. The van der Waals surface area contributed by atoms with E-state index < -0.39 is 0 Å². The van der Waals surface area contributed by atoms with Crippen LogP contribution < -0.4 is 0 Å². The molecular formula is C16H21FN2O. The second-order valence-electron chi connectivity index (χ2n) is 6.25. The summed E-state index contributed by atoms with van der Waals surface area (Å²) in [7, 11) is 4.18. The first-order chi connectivity index (χ1) is 9.56. The number of hydrogen-bond donors (Lipinski definition) is 0. The molecule has 0 unspecified atom stereocenters. The van der Waals surface area contributed by atoms with Crippen LogP contribution in [0.3, 0.4) is 0 Å². The van der Waals surface area contributed by atoms with Gasteiger partial charge in [-0.25, -0.2) is 4.39 Å². The molecular weight excluding hydrogens is 255 g/mol. The topological polar surface area (TPSA) is 23.6 Å². The third-order valence-electron chi connectivity index (χ3n) is 4.60. The van der Waals surface area contributed by atoms with Gasteiger partial charge in [0.1, 0.15) is 5.82 Å². The Kier molecular flexibility index (Phi) is 3.50.